The molecule has 0 aromatic heterocycles. The maximum Gasteiger partial charge on any atom is 0.330 e. The summed E-state index contributed by atoms with van der Waals surface area (Å²) in [6.07, 6.45) is 9.54. The third-order valence-electron chi connectivity index (χ3n) is 9.37. The molecule has 216 valence electrons. The largest absolute Gasteiger partial charge is 0.506 e. The van der Waals surface area contributed by atoms with Gasteiger partial charge in [-0.15, -0.1) is 0 Å². The highest BCUT2D eigenvalue weighted by Crippen LogP contribution is 2.68. The van der Waals surface area contributed by atoms with Crippen LogP contribution in [0.2, 0.25) is 0 Å². The van der Waals surface area contributed by atoms with Crippen molar-refractivity contribution in [1.82, 2.24) is 0 Å². The fourth-order valence-corrected chi connectivity index (χ4v) is 7.44. The van der Waals surface area contributed by atoms with Crippen LogP contribution in [0.25, 0.3) is 6.08 Å². The van der Waals surface area contributed by atoms with E-state index < -0.39 is 40.1 Å². The summed E-state index contributed by atoms with van der Waals surface area (Å²) < 4.78 is 20.1. The minimum Gasteiger partial charge on any atom is -0.506 e. The van der Waals surface area contributed by atoms with Crippen molar-refractivity contribution in [2.24, 2.45) is 11.8 Å². The highest BCUT2D eigenvalue weighted by Gasteiger charge is 2.81. The van der Waals surface area contributed by atoms with E-state index in [1.165, 1.54) is 13.0 Å². The molecule has 41 heavy (non-hydrogen) atoms. The van der Waals surface area contributed by atoms with Crippen LogP contribution in [0.1, 0.15) is 82.8 Å². The molecule has 8 nitrogen and oxygen atoms in total. The molecule has 0 amide bonds. The molecule has 3 heterocycles. The number of ether oxygens (including phenoxy) is 3. The van der Waals surface area contributed by atoms with Crippen molar-refractivity contribution >= 4 is 23.6 Å². The fourth-order valence-electron chi connectivity index (χ4n) is 7.44. The summed E-state index contributed by atoms with van der Waals surface area (Å²) in [4.78, 5) is 40.4. The number of benzene rings is 1. The minimum atomic E-state index is -1.61. The number of carboxylic acid groups (broad SMARTS) is 1. The van der Waals surface area contributed by atoms with Gasteiger partial charge in [-0.1, -0.05) is 23.8 Å². The van der Waals surface area contributed by atoms with Crippen LogP contribution < -0.4 is 9.47 Å². The van der Waals surface area contributed by atoms with E-state index in [2.05, 4.69) is 0 Å². The molecule has 4 atom stereocenters. The predicted octanol–water partition coefficient (Wildman–Crippen LogP) is 5.51. The Bertz CT molecular complexity index is 1560. The smallest absolute Gasteiger partial charge is 0.330 e. The van der Waals surface area contributed by atoms with Crippen LogP contribution in [-0.4, -0.2) is 50.2 Å². The number of phenols is 1. The summed E-state index contributed by atoms with van der Waals surface area (Å²) in [6.45, 7) is 13.0. The molecule has 1 aromatic rings. The Hall–Kier alpha value is -3.65. The maximum absolute atomic E-state index is 14.5. The second-order valence-electron chi connectivity index (χ2n) is 13.2. The summed E-state index contributed by atoms with van der Waals surface area (Å²) >= 11 is 0. The third kappa shape index (κ3) is 3.52. The van der Waals surface area contributed by atoms with Crippen molar-refractivity contribution < 1.29 is 38.8 Å². The number of Topliss-reactive ketones (excluding diaryl/α,β-unsaturated/α-hetero) is 2. The van der Waals surface area contributed by atoms with Crippen molar-refractivity contribution in [3.8, 4) is 17.2 Å². The number of carboxylic acids is 1. The number of ketones is 2. The molecule has 7 rings (SSSR count). The van der Waals surface area contributed by atoms with Crippen molar-refractivity contribution in [3.63, 3.8) is 0 Å². The van der Waals surface area contributed by atoms with E-state index in [9.17, 15) is 24.6 Å². The van der Waals surface area contributed by atoms with E-state index >= 15 is 0 Å². The Kier molecular flexibility index (Phi) is 5.67. The lowest BCUT2D eigenvalue weighted by Crippen LogP contribution is -2.72. The van der Waals surface area contributed by atoms with Gasteiger partial charge in [-0.3, -0.25) is 9.59 Å². The highest BCUT2D eigenvalue weighted by atomic mass is 16.6. The molecular weight excluding hydrogens is 524 g/mol. The first-order valence-corrected chi connectivity index (χ1v) is 14.1. The molecule has 1 spiro atoms. The molecule has 4 bridgehead atoms. The van der Waals surface area contributed by atoms with Gasteiger partial charge in [0.1, 0.15) is 28.4 Å². The Morgan fingerprint density at radius 3 is 2.44 bits per heavy atom. The van der Waals surface area contributed by atoms with Crippen LogP contribution >= 0.6 is 0 Å². The molecule has 1 aromatic carbocycles. The Balaban J connectivity index is 1.66. The molecular formula is C33H36O8. The first-order valence-electron chi connectivity index (χ1n) is 14.1. The van der Waals surface area contributed by atoms with Gasteiger partial charge in [0, 0.05) is 35.0 Å². The van der Waals surface area contributed by atoms with E-state index in [1.807, 2.05) is 53.7 Å². The number of rotatable bonds is 5. The van der Waals surface area contributed by atoms with Crippen LogP contribution in [0.15, 0.2) is 41.0 Å². The van der Waals surface area contributed by atoms with Gasteiger partial charge < -0.3 is 24.4 Å². The third-order valence-corrected chi connectivity index (χ3v) is 9.37. The summed E-state index contributed by atoms with van der Waals surface area (Å²) in [7, 11) is 0. The topological polar surface area (TPSA) is 119 Å². The SMILES string of the molecule is CC(C)=CCc1c2c(c(O)c3c1O[C@]14C(=C[C@H]5CC1C(C)(C)O[C@]4(C/C=C(\C)C(=O)O)C5=O)C3=O)C=CC(C)(C)O2. The van der Waals surface area contributed by atoms with Gasteiger partial charge in [-0.25, -0.2) is 4.79 Å². The first-order chi connectivity index (χ1) is 19.1. The van der Waals surface area contributed by atoms with Crippen LogP contribution in [-0.2, 0) is 20.7 Å². The number of fused-ring (bicyclic) bond motifs is 2. The zero-order chi connectivity index (χ0) is 29.9. The van der Waals surface area contributed by atoms with E-state index in [0.29, 0.717) is 35.3 Å². The number of aliphatic carboxylic acids is 1. The number of allylic oxidation sites excluding steroid dienone is 3. The predicted molar refractivity (Wildman–Crippen MR) is 151 cm³/mol. The number of hydrogen-bond acceptors (Lipinski definition) is 7. The molecule has 3 aliphatic carbocycles. The van der Waals surface area contributed by atoms with Crippen molar-refractivity contribution in [2.45, 2.75) is 90.1 Å². The second kappa shape index (κ2) is 8.44. The van der Waals surface area contributed by atoms with Gasteiger partial charge in [0.15, 0.2) is 22.8 Å². The second-order valence-corrected chi connectivity index (χ2v) is 13.2. The zero-order valence-electron chi connectivity index (χ0n) is 24.5. The van der Waals surface area contributed by atoms with Crippen LogP contribution in [0, 0.1) is 11.8 Å². The average Bonchev–Trinajstić information content (AvgIpc) is 3.03. The summed E-state index contributed by atoms with van der Waals surface area (Å²) in [5, 5.41) is 21.1. The minimum absolute atomic E-state index is 0.0513. The molecule has 0 radical (unpaired) electrons. The van der Waals surface area contributed by atoms with Crippen molar-refractivity contribution in [1.29, 1.82) is 0 Å². The van der Waals surface area contributed by atoms with Gasteiger partial charge in [-0.05, 0) is 73.5 Å². The molecule has 6 aliphatic rings. The first kappa shape index (κ1) is 27.5. The number of phenolic OH excluding ortho intramolecular Hbond substituents is 1. The van der Waals surface area contributed by atoms with Crippen LogP contribution in [0.5, 0.6) is 17.2 Å². The van der Waals surface area contributed by atoms with Gasteiger partial charge >= 0.3 is 5.97 Å². The molecule has 1 saturated heterocycles. The van der Waals surface area contributed by atoms with Crippen LogP contribution in [0.4, 0.5) is 0 Å². The lowest BCUT2D eigenvalue weighted by atomic mass is 9.51. The summed E-state index contributed by atoms with van der Waals surface area (Å²) in [5.74, 6) is -2.29. The van der Waals surface area contributed by atoms with Crippen molar-refractivity contribution in [3.05, 3.63) is 57.7 Å². The number of hydrogen-bond donors (Lipinski definition) is 2. The lowest BCUT2D eigenvalue weighted by molar-refractivity contribution is -0.171. The fraction of sp³-hybridized carbons (Fsp3) is 0.485. The quantitative estimate of drug-likeness (QED) is 0.357. The van der Waals surface area contributed by atoms with Gasteiger partial charge in [0.2, 0.25) is 0 Å². The Morgan fingerprint density at radius 1 is 1.07 bits per heavy atom. The van der Waals surface area contributed by atoms with E-state index in [1.54, 1.807) is 12.2 Å². The Labute approximate surface area is 239 Å². The van der Waals surface area contributed by atoms with Gasteiger partial charge in [0.05, 0.1) is 11.2 Å². The molecule has 3 aliphatic heterocycles. The normalized spacial score (nSPS) is 31.4. The molecule has 1 unspecified atom stereocenters. The lowest BCUT2D eigenvalue weighted by Gasteiger charge is -2.56. The number of carbonyl (C=O) groups is 3. The van der Waals surface area contributed by atoms with Crippen LogP contribution in [0.3, 0.4) is 0 Å². The molecule has 8 heteroatoms. The zero-order valence-corrected chi connectivity index (χ0v) is 24.5. The molecule has 2 N–H and O–H groups in total. The standard InChI is InChI=1S/C33H36O8/c1-16(2)8-9-20-26-19(11-12-30(4,5)39-26)24(34)23-25(35)21-14-18-15-22-31(6,7)41-32(28(18)36,13-10-17(3)29(37)38)33(21,22)40-27(20)23/h8,10-12,14,18,22,34H,9,13,15H2,1-7H3,(H,37,38)/b17-10+/t18-,22?,32+,33+/m0/s1. The molecule has 1 saturated carbocycles. The summed E-state index contributed by atoms with van der Waals surface area (Å²) in [5.41, 5.74) is -2.14. The van der Waals surface area contributed by atoms with E-state index in [4.69, 9.17) is 14.2 Å². The number of carbonyl (C=O) groups excluding carboxylic acids is 2. The van der Waals surface area contributed by atoms with Gasteiger partial charge in [0.25, 0.3) is 0 Å². The number of aromatic hydroxyl groups is 1. The van der Waals surface area contributed by atoms with E-state index in [-0.39, 0.29) is 40.8 Å². The maximum atomic E-state index is 14.5. The monoisotopic (exact) mass is 560 g/mol. The highest BCUT2D eigenvalue weighted by molar-refractivity contribution is 6.19. The van der Waals surface area contributed by atoms with E-state index in [0.717, 1.165) is 5.57 Å². The average molecular weight is 561 g/mol. The van der Waals surface area contributed by atoms with Gasteiger partial charge in [-0.2, -0.15) is 0 Å². The summed E-state index contributed by atoms with van der Waals surface area (Å²) in [6, 6.07) is 0. The molecule has 2 fully saturated rings. The Morgan fingerprint density at radius 2 is 1.78 bits per heavy atom. The van der Waals surface area contributed by atoms with Crippen molar-refractivity contribution in [2.75, 3.05) is 0 Å².